The zero-order valence-corrected chi connectivity index (χ0v) is 11.1. The standard InChI is InChI=1S/C18H16N2/c19-16-8-4-7-15(11-16)17-10-9-14(12-18(17)20)13-5-2-1-3-6-13/h1-12H,19-20H2. The maximum atomic E-state index is 6.20. The van der Waals surface area contributed by atoms with Crippen molar-refractivity contribution in [3.63, 3.8) is 0 Å². The summed E-state index contributed by atoms with van der Waals surface area (Å²) in [5, 5.41) is 0. The van der Waals surface area contributed by atoms with Gasteiger partial charge >= 0.3 is 0 Å². The van der Waals surface area contributed by atoms with Crippen LogP contribution in [0.3, 0.4) is 0 Å². The zero-order chi connectivity index (χ0) is 13.9. The van der Waals surface area contributed by atoms with E-state index in [1.807, 2.05) is 54.6 Å². The highest BCUT2D eigenvalue weighted by Gasteiger charge is 2.05. The first-order chi connectivity index (χ1) is 9.74. The van der Waals surface area contributed by atoms with Gasteiger partial charge in [0.25, 0.3) is 0 Å². The molecule has 20 heavy (non-hydrogen) atoms. The Kier molecular flexibility index (Phi) is 3.13. The Balaban J connectivity index is 2.04. The summed E-state index contributed by atoms with van der Waals surface area (Å²) in [5.74, 6) is 0. The maximum Gasteiger partial charge on any atom is 0.0399 e. The van der Waals surface area contributed by atoms with E-state index in [1.165, 1.54) is 5.56 Å². The lowest BCUT2D eigenvalue weighted by atomic mass is 9.98. The summed E-state index contributed by atoms with van der Waals surface area (Å²) in [6.45, 7) is 0. The lowest BCUT2D eigenvalue weighted by Gasteiger charge is -2.09. The molecular weight excluding hydrogens is 244 g/mol. The van der Waals surface area contributed by atoms with Crippen LogP contribution >= 0.6 is 0 Å². The molecule has 0 radical (unpaired) electrons. The van der Waals surface area contributed by atoms with Gasteiger partial charge in [0, 0.05) is 16.9 Å². The Morgan fingerprint density at radius 2 is 1.30 bits per heavy atom. The van der Waals surface area contributed by atoms with Gasteiger partial charge in [0.15, 0.2) is 0 Å². The molecule has 0 bridgehead atoms. The molecule has 0 saturated carbocycles. The van der Waals surface area contributed by atoms with E-state index < -0.39 is 0 Å². The first-order valence-electron chi connectivity index (χ1n) is 6.55. The minimum absolute atomic E-state index is 0.744. The third kappa shape index (κ3) is 2.36. The van der Waals surface area contributed by atoms with Gasteiger partial charge in [-0.05, 0) is 34.9 Å². The fraction of sp³-hybridized carbons (Fsp3) is 0. The van der Waals surface area contributed by atoms with Crippen molar-refractivity contribution in [2.24, 2.45) is 0 Å². The average Bonchev–Trinajstić information content (AvgIpc) is 2.48. The molecule has 2 heteroatoms. The van der Waals surface area contributed by atoms with E-state index in [-0.39, 0.29) is 0 Å². The molecule has 2 nitrogen and oxygen atoms in total. The molecule has 3 aromatic rings. The van der Waals surface area contributed by atoms with Crippen molar-refractivity contribution in [2.75, 3.05) is 11.5 Å². The molecule has 0 aliphatic rings. The predicted molar refractivity (Wildman–Crippen MR) is 86.1 cm³/mol. The molecule has 3 rings (SSSR count). The van der Waals surface area contributed by atoms with Crippen LogP contribution in [0.25, 0.3) is 22.3 Å². The van der Waals surface area contributed by atoms with E-state index in [2.05, 4.69) is 18.2 Å². The third-order valence-corrected chi connectivity index (χ3v) is 3.36. The largest absolute Gasteiger partial charge is 0.399 e. The van der Waals surface area contributed by atoms with Gasteiger partial charge in [-0.3, -0.25) is 0 Å². The van der Waals surface area contributed by atoms with E-state index in [0.717, 1.165) is 28.1 Å². The molecule has 0 aromatic heterocycles. The van der Waals surface area contributed by atoms with Gasteiger partial charge in [0.2, 0.25) is 0 Å². The molecule has 98 valence electrons. The third-order valence-electron chi connectivity index (χ3n) is 3.36. The minimum atomic E-state index is 0.744. The van der Waals surface area contributed by atoms with Gasteiger partial charge < -0.3 is 11.5 Å². The molecule has 0 saturated heterocycles. The normalized spacial score (nSPS) is 10.4. The summed E-state index contributed by atoms with van der Waals surface area (Å²) < 4.78 is 0. The number of hydrogen-bond donors (Lipinski definition) is 2. The second kappa shape index (κ2) is 5.10. The molecule has 0 aliphatic carbocycles. The summed E-state index contributed by atoms with van der Waals surface area (Å²) in [6, 6.07) is 24.1. The molecule has 0 atom stereocenters. The Morgan fingerprint density at radius 3 is 2.00 bits per heavy atom. The molecule has 3 aromatic carbocycles. The lowest BCUT2D eigenvalue weighted by Crippen LogP contribution is -1.92. The molecule has 0 spiro atoms. The summed E-state index contributed by atoms with van der Waals surface area (Å²) in [5.41, 5.74) is 17.9. The van der Waals surface area contributed by atoms with Crippen LogP contribution in [0.2, 0.25) is 0 Å². The monoisotopic (exact) mass is 260 g/mol. The van der Waals surface area contributed by atoms with Crippen LogP contribution in [0.1, 0.15) is 0 Å². The first-order valence-corrected chi connectivity index (χ1v) is 6.55. The first kappa shape index (κ1) is 12.3. The van der Waals surface area contributed by atoms with Crippen LogP contribution in [0, 0.1) is 0 Å². The summed E-state index contributed by atoms with van der Waals surface area (Å²) in [4.78, 5) is 0. The number of nitrogen functional groups attached to an aromatic ring is 2. The van der Waals surface area contributed by atoms with Crippen LogP contribution in [-0.2, 0) is 0 Å². The Bertz CT molecular complexity index is 733. The number of anilines is 2. The van der Waals surface area contributed by atoms with Crippen LogP contribution in [0.15, 0.2) is 72.8 Å². The highest BCUT2D eigenvalue weighted by molar-refractivity contribution is 5.82. The lowest BCUT2D eigenvalue weighted by molar-refractivity contribution is 1.58. The summed E-state index contributed by atoms with van der Waals surface area (Å²) in [6.07, 6.45) is 0. The van der Waals surface area contributed by atoms with E-state index in [0.29, 0.717) is 0 Å². The van der Waals surface area contributed by atoms with Gasteiger partial charge in [0.05, 0.1) is 0 Å². The molecule has 0 heterocycles. The predicted octanol–water partition coefficient (Wildman–Crippen LogP) is 4.19. The van der Waals surface area contributed by atoms with Gasteiger partial charge in [-0.2, -0.15) is 0 Å². The zero-order valence-electron chi connectivity index (χ0n) is 11.1. The van der Waals surface area contributed by atoms with Crippen LogP contribution in [0.5, 0.6) is 0 Å². The number of nitrogens with two attached hydrogens (primary N) is 2. The van der Waals surface area contributed by atoms with Crippen molar-refractivity contribution in [3.05, 3.63) is 72.8 Å². The van der Waals surface area contributed by atoms with Crippen molar-refractivity contribution in [3.8, 4) is 22.3 Å². The number of rotatable bonds is 2. The second-order valence-corrected chi connectivity index (χ2v) is 4.79. The smallest absolute Gasteiger partial charge is 0.0399 e. The van der Waals surface area contributed by atoms with Gasteiger partial charge in [0.1, 0.15) is 0 Å². The van der Waals surface area contributed by atoms with Crippen LogP contribution in [-0.4, -0.2) is 0 Å². The molecule has 0 aliphatic heterocycles. The number of benzene rings is 3. The van der Waals surface area contributed by atoms with E-state index >= 15 is 0 Å². The Hall–Kier alpha value is -2.74. The van der Waals surface area contributed by atoms with Gasteiger partial charge in [-0.1, -0.05) is 54.6 Å². The second-order valence-electron chi connectivity index (χ2n) is 4.79. The maximum absolute atomic E-state index is 6.20. The van der Waals surface area contributed by atoms with Gasteiger partial charge in [-0.25, -0.2) is 0 Å². The highest BCUT2D eigenvalue weighted by atomic mass is 14.6. The van der Waals surface area contributed by atoms with Gasteiger partial charge in [-0.15, -0.1) is 0 Å². The fourth-order valence-corrected chi connectivity index (χ4v) is 2.34. The topological polar surface area (TPSA) is 52.0 Å². The number of hydrogen-bond acceptors (Lipinski definition) is 2. The fourth-order valence-electron chi connectivity index (χ4n) is 2.34. The average molecular weight is 260 g/mol. The molecule has 0 fully saturated rings. The molecule has 0 unspecified atom stereocenters. The van der Waals surface area contributed by atoms with Crippen molar-refractivity contribution in [1.29, 1.82) is 0 Å². The van der Waals surface area contributed by atoms with Crippen LogP contribution in [0.4, 0.5) is 11.4 Å². The summed E-state index contributed by atoms with van der Waals surface area (Å²) in [7, 11) is 0. The van der Waals surface area contributed by atoms with Crippen molar-refractivity contribution < 1.29 is 0 Å². The van der Waals surface area contributed by atoms with E-state index in [1.54, 1.807) is 0 Å². The molecule has 4 N–H and O–H groups in total. The van der Waals surface area contributed by atoms with E-state index in [4.69, 9.17) is 11.5 Å². The van der Waals surface area contributed by atoms with Crippen molar-refractivity contribution >= 4 is 11.4 Å². The molecular formula is C18H16N2. The van der Waals surface area contributed by atoms with Crippen molar-refractivity contribution in [1.82, 2.24) is 0 Å². The van der Waals surface area contributed by atoms with Crippen molar-refractivity contribution in [2.45, 2.75) is 0 Å². The van der Waals surface area contributed by atoms with E-state index in [9.17, 15) is 0 Å². The highest BCUT2D eigenvalue weighted by Crippen LogP contribution is 2.31. The summed E-state index contributed by atoms with van der Waals surface area (Å²) >= 11 is 0. The SMILES string of the molecule is Nc1cccc(-c2ccc(-c3ccccc3)cc2N)c1. The Labute approximate surface area is 118 Å². The van der Waals surface area contributed by atoms with Crippen LogP contribution < -0.4 is 11.5 Å². The quantitative estimate of drug-likeness (QED) is 0.679. The Morgan fingerprint density at radius 1 is 0.550 bits per heavy atom. The molecule has 0 amide bonds. The minimum Gasteiger partial charge on any atom is -0.399 e.